The molecule has 6 rings (SSSR count). The molecule has 38 heavy (non-hydrogen) atoms. The van der Waals surface area contributed by atoms with Gasteiger partial charge in [0.1, 0.15) is 5.76 Å². The van der Waals surface area contributed by atoms with Crippen molar-refractivity contribution >= 4 is 5.91 Å². The number of carbonyl (C=O) groups is 1. The summed E-state index contributed by atoms with van der Waals surface area (Å²) in [5.41, 5.74) is 4.02. The molecule has 1 N–H and O–H groups in total. The Morgan fingerprint density at radius 1 is 1.03 bits per heavy atom. The number of fused-ring (bicyclic) bond motifs is 1. The lowest BCUT2D eigenvalue weighted by atomic mass is 9.83. The van der Waals surface area contributed by atoms with Gasteiger partial charge >= 0.3 is 0 Å². The molecule has 0 radical (unpaired) electrons. The number of hydrogen-bond donors (Lipinski definition) is 1. The van der Waals surface area contributed by atoms with Crippen LogP contribution in [-0.4, -0.2) is 40.1 Å². The molecular weight excluding hydrogens is 476 g/mol. The molecule has 2 fully saturated rings. The summed E-state index contributed by atoms with van der Waals surface area (Å²) >= 11 is 0. The summed E-state index contributed by atoms with van der Waals surface area (Å²) < 4.78 is 11.0. The lowest BCUT2D eigenvalue weighted by molar-refractivity contribution is 0.0915. The monoisotopic (exact) mass is 512 g/mol. The maximum Gasteiger partial charge on any atom is 0.251 e. The van der Waals surface area contributed by atoms with Crippen LogP contribution in [0.3, 0.4) is 0 Å². The van der Waals surface area contributed by atoms with Gasteiger partial charge in [-0.25, -0.2) is 0 Å². The highest BCUT2D eigenvalue weighted by Gasteiger charge is 2.28. The minimum atomic E-state index is -0.00680. The van der Waals surface area contributed by atoms with Crippen LogP contribution in [0.15, 0.2) is 63.7 Å². The van der Waals surface area contributed by atoms with Gasteiger partial charge in [0.2, 0.25) is 11.7 Å². The van der Waals surface area contributed by atoms with Gasteiger partial charge in [-0.15, -0.1) is 0 Å². The summed E-state index contributed by atoms with van der Waals surface area (Å²) in [7, 11) is 0. The number of carbonyl (C=O) groups excluding carboxylic acids is 1. The number of nitrogens with zero attached hydrogens (tertiary/aromatic N) is 3. The van der Waals surface area contributed by atoms with Crippen LogP contribution in [0.5, 0.6) is 0 Å². The zero-order valence-electron chi connectivity index (χ0n) is 22.1. The standard InChI is InChI=1S/C31H36N4O3/c1-21-32-30(34-38-21)23-10-12-24(13-11-23)31(36)33-27-14-8-22(9-15-27)16-18-35-17-3-2-6-28(35)26-19-25-5-4-7-29(25)37-20-26/h4-5,7,10-13,19-20,22,27-28H,2-3,6,8-9,14-18H2,1H3,(H,33,36)/t22-,27-,28?. The van der Waals surface area contributed by atoms with E-state index in [9.17, 15) is 4.79 Å². The molecule has 2 aliphatic carbocycles. The van der Waals surface area contributed by atoms with Gasteiger partial charge in [-0.05, 0) is 88.2 Å². The first-order valence-electron chi connectivity index (χ1n) is 14.1. The van der Waals surface area contributed by atoms with E-state index in [4.69, 9.17) is 8.94 Å². The molecule has 198 valence electrons. The smallest absolute Gasteiger partial charge is 0.251 e. The first-order valence-corrected chi connectivity index (χ1v) is 14.1. The van der Waals surface area contributed by atoms with E-state index >= 15 is 0 Å². The first kappa shape index (κ1) is 24.9. The maximum absolute atomic E-state index is 12.8. The average Bonchev–Trinajstić information content (AvgIpc) is 3.61. The summed E-state index contributed by atoms with van der Waals surface area (Å²) in [6.45, 7) is 4.07. The second-order valence-electron chi connectivity index (χ2n) is 11.0. The Morgan fingerprint density at radius 3 is 2.66 bits per heavy atom. The van der Waals surface area contributed by atoms with Crippen molar-refractivity contribution in [3.8, 4) is 22.7 Å². The number of hydrogen-bond acceptors (Lipinski definition) is 6. The molecule has 3 heterocycles. The summed E-state index contributed by atoms with van der Waals surface area (Å²) in [5, 5.41) is 7.20. The van der Waals surface area contributed by atoms with Crippen LogP contribution < -0.4 is 5.32 Å². The van der Waals surface area contributed by atoms with Crippen molar-refractivity contribution in [2.75, 3.05) is 13.1 Å². The van der Waals surface area contributed by atoms with Crippen LogP contribution in [0.1, 0.15) is 79.2 Å². The van der Waals surface area contributed by atoms with Crippen molar-refractivity contribution in [2.24, 2.45) is 5.92 Å². The topological polar surface area (TPSA) is 84.4 Å². The Kier molecular flexibility index (Phi) is 7.27. The number of piperidine rings is 1. The van der Waals surface area contributed by atoms with Crippen molar-refractivity contribution in [1.29, 1.82) is 0 Å². The van der Waals surface area contributed by atoms with Crippen molar-refractivity contribution in [3.63, 3.8) is 0 Å². The van der Waals surface area contributed by atoms with E-state index in [1.165, 1.54) is 56.2 Å². The zero-order chi connectivity index (χ0) is 25.9. The number of aryl methyl sites for hydroxylation is 1. The van der Waals surface area contributed by atoms with E-state index in [0.717, 1.165) is 36.6 Å². The van der Waals surface area contributed by atoms with Gasteiger partial charge in [-0.2, -0.15) is 4.98 Å². The molecule has 2 aliphatic heterocycles. The molecule has 1 saturated heterocycles. The van der Waals surface area contributed by atoms with Crippen molar-refractivity contribution < 1.29 is 13.7 Å². The summed E-state index contributed by atoms with van der Waals surface area (Å²) in [5.74, 6) is 2.76. The van der Waals surface area contributed by atoms with Gasteiger partial charge in [0, 0.05) is 41.3 Å². The summed E-state index contributed by atoms with van der Waals surface area (Å²) in [4.78, 5) is 19.8. The molecule has 0 bridgehead atoms. The molecule has 7 nitrogen and oxygen atoms in total. The molecular formula is C31H36N4O3. The summed E-state index contributed by atoms with van der Waals surface area (Å²) in [6, 6.07) is 16.7. The predicted molar refractivity (Wildman–Crippen MR) is 146 cm³/mol. The number of nitrogens with one attached hydrogen (secondary N) is 1. The minimum Gasteiger partial charge on any atom is -0.464 e. The third kappa shape index (κ3) is 5.53. The largest absolute Gasteiger partial charge is 0.464 e. The lowest BCUT2D eigenvalue weighted by Crippen LogP contribution is -2.39. The highest BCUT2D eigenvalue weighted by atomic mass is 16.5. The zero-order valence-corrected chi connectivity index (χ0v) is 22.1. The van der Waals surface area contributed by atoms with Crippen LogP contribution in [0.25, 0.3) is 22.7 Å². The first-order chi connectivity index (χ1) is 18.6. The SMILES string of the molecule is Cc1nc(-c2ccc(C(=O)N[C@H]3CC[C@H](CCN4CCCCC4c4coc5cccc-5c4)CC3)cc2)no1. The van der Waals surface area contributed by atoms with E-state index in [2.05, 4.69) is 38.6 Å². The fourth-order valence-electron chi connectivity index (χ4n) is 6.20. The molecule has 2 aromatic rings. The van der Waals surface area contributed by atoms with E-state index in [1.54, 1.807) is 6.92 Å². The minimum absolute atomic E-state index is 0.00680. The lowest BCUT2D eigenvalue weighted by Gasteiger charge is -2.37. The van der Waals surface area contributed by atoms with Gasteiger partial charge < -0.3 is 14.3 Å². The molecule has 1 aromatic heterocycles. The van der Waals surface area contributed by atoms with E-state index in [1.807, 2.05) is 36.6 Å². The van der Waals surface area contributed by atoms with E-state index in [-0.39, 0.29) is 11.9 Å². The van der Waals surface area contributed by atoms with Gasteiger partial charge in [0.05, 0.1) is 6.26 Å². The molecule has 1 atom stereocenters. The van der Waals surface area contributed by atoms with Crippen molar-refractivity contribution in [2.45, 2.75) is 70.4 Å². The predicted octanol–water partition coefficient (Wildman–Crippen LogP) is 6.65. The molecule has 4 aliphatic rings. The Balaban J connectivity index is 0.980. The number of amides is 1. The van der Waals surface area contributed by atoms with Crippen LogP contribution >= 0.6 is 0 Å². The molecule has 1 amide bonds. The second kappa shape index (κ2) is 11.1. The Bertz CT molecular complexity index is 1320. The third-order valence-corrected chi connectivity index (χ3v) is 8.39. The van der Waals surface area contributed by atoms with Gasteiger partial charge in [-0.3, -0.25) is 9.69 Å². The Morgan fingerprint density at radius 2 is 1.87 bits per heavy atom. The highest BCUT2D eigenvalue weighted by molar-refractivity contribution is 5.94. The van der Waals surface area contributed by atoms with Crippen LogP contribution in [0.2, 0.25) is 0 Å². The van der Waals surface area contributed by atoms with E-state index < -0.39 is 0 Å². The number of benzene rings is 1. The number of likely N-dealkylation sites (tertiary alicyclic amines) is 1. The van der Waals surface area contributed by atoms with Crippen molar-refractivity contribution in [1.82, 2.24) is 20.4 Å². The maximum atomic E-state index is 12.8. The average molecular weight is 513 g/mol. The number of rotatable bonds is 7. The Hall–Kier alpha value is -3.45. The Labute approximate surface area is 223 Å². The number of aromatic nitrogens is 2. The second-order valence-corrected chi connectivity index (χ2v) is 11.0. The molecule has 0 spiro atoms. The van der Waals surface area contributed by atoms with Gasteiger partial charge in [0.25, 0.3) is 5.91 Å². The normalized spacial score (nSPS) is 22.5. The molecule has 1 aromatic carbocycles. The van der Waals surface area contributed by atoms with Crippen LogP contribution in [0.4, 0.5) is 0 Å². The third-order valence-electron chi connectivity index (χ3n) is 8.39. The molecule has 1 saturated carbocycles. The van der Waals surface area contributed by atoms with Gasteiger partial charge in [0.15, 0.2) is 0 Å². The highest BCUT2D eigenvalue weighted by Crippen LogP contribution is 2.36. The summed E-state index contributed by atoms with van der Waals surface area (Å²) in [6.07, 6.45) is 11.4. The fraction of sp³-hybridized carbons (Fsp3) is 0.452. The van der Waals surface area contributed by atoms with Crippen LogP contribution in [-0.2, 0) is 0 Å². The van der Waals surface area contributed by atoms with Gasteiger partial charge in [-0.1, -0.05) is 35.8 Å². The van der Waals surface area contributed by atoms with Crippen molar-refractivity contribution in [3.05, 3.63) is 71.8 Å². The molecule has 7 heteroatoms. The fourth-order valence-corrected chi connectivity index (χ4v) is 6.20. The van der Waals surface area contributed by atoms with Crippen LogP contribution in [0, 0.1) is 12.8 Å². The molecule has 1 unspecified atom stereocenters. The quantitative estimate of drug-likeness (QED) is 0.298. The van der Waals surface area contributed by atoms with E-state index in [0.29, 0.717) is 23.3 Å².